The van der Waals surface area contributed by atoms with Crippen LogP contribution in [-0.2, 0) is 24.1 Å². The van der Waals surface area contributed by atoms with E-state index in [1.807, 2.05) is 6.07 Å². The molecular formula is C30H34N2O6. The van der Waals surface area contributed by atoms with Crippen LogP contribution < -0.4 is 25.1 Å². The zero-order chi connectivity index (χ0) is 26.1. The van der Waals surface area contributed by atoms with Crippen LogP contribution in [0.25, 0.3) is 11.0 Å². The van der Waals surface area contributed by atoms with Crippen molar-refractivity contribution in [3.05, 3.63) is 52.6 Å². The number of rotatable bonds is 4. The van der Waals surface area contributed by atoms with Crippen molar-refractivity contribution in [1.82, 2.24) is 0 Å². The fraction of sp³-hybridized carbons (Fsp3) is 0.467. The SMILES string of the molecule is COc1ccc(NC(=O)ON=c2oc3cc4c(cc3c3c2CCCC3)CCC2(CCCCC2)O4)cc1OC. The first kappa shape index (κ1) is 24.6. The molecule has 0 unspecified atom stereocenters. The molecule has 3 aliphatic rings. The van der Waals surface area contributed by atoms with Gasteiger partial charge in [-0.25, -0.2) is 4.79 Å². The number of methoxy groups -OCH3 is 2. The Balaban J connectivity index is 1.30. The van der Waals surface area contributed by atoms with E-state index in [0.717, 1.165) is 73.6 Å². The summed E-state index contributed by atoms with van der Waals surface area (Å²) in [6, 6.07) is 9.35. The van der Waals surface area contributed by atoms with Crippen molar-refractivity contribution >= 4 is 22.7 Å². The Labute approximate surface area is 221 Å². The smallest absolute Gasteiger partial charge is 0.437 e. The zero-order valence-corrected chi connectivity index (χ0v) is 22.1. The van der Waals surface area contributed by atoms with Gasteiger partial charge >= 0.3 is 6.09 Å². The van der Waals surface area contributed by atoms with Crippen LogP contribution in [0, 0.1) is 0 Å². The molecule has 38 heavy (non-hydrogen) atoms. The van der Waals surface area contributed by atoms with E-state index in [1.54, 1.807) is 25.3 Å². The number of hydrogen-bond donors (Lipinski definition) is 1. The number of anilines is 1. The summed E-state index contributed by atoms with van der Waals surface area (Å²) in [5.41, 5.74) is 5.04. The van der Waals surface area contributed by atoms with Crippen molar-refractivity contribution < 1.29 is 28.3 Å². The van der Waals surface area contributed by atoms with Gasteiger partial charge in [-0.1, -0.05) is 6.42 Å². The van der Waals surface area contributed by atoms with Gasteiger partial charge in [-0.3, -0.25) is 10.2 Å². The molecule has 0 saturated heterocycles. The van der Waals surface area contributed by atoms with Crippen LogP contribution in [0.4, 0.5) is 10.5 Å². The second-order valence-electron chi connectivity index (χ2n) is 10.5. The lowest BCUT2D eigenvalue weighted by Crippen LogP contribution is -2.41. The molecule has 2 aromatic carbocycles. The van der Waals surface area contributed by atoms with Crippen LogP contribution in [0.1, 0.15) is 68.1 Å². The summed E-state index contributed by atoms with van der Waals surface area (Å²) < 4.78 is 23.5. The third-order valence-electron chi connectivity index (χ3n) is 8.20. The van der Waals surface area contributed by atoms with E-state index in [4.69, 9.17) is 23.5 Å². The molecule has 0 radical (unpaired) electrons. The summed E-state index contributed by atoms with van der Waals surface area (Å²) in [6.45, 7) is 0. The highest BCUT2D eigenvalue weighted by molar-refractivity contribution is 5.85. The fourth-order valence-corrected chi connectivity index (χ4v) is 6.23. The average molecular weight is 519 g/mol. The van der Waals surface area contributed by atoms with Gasteiger partial charge in [-0.2, -0.15) is 0 Å². The molecule has 0 bridgehead atoms. The van der Waals surface area contributed by atoms with Gasteiger partial charge in [-0.05, 0) is 98.7 Å². The summed E-state index contributed by atoms with van der Waals surface area (Å²) in [5.74, 6) is 1.99. The molecule has 2 aliphatic carbocycles. The summed E-state index contributed by atoms with van der Waals surface area (Å²) >= 11 is 0. The largest absolute Gasteiger partial charge is 0.493 e. The second kappa shape index (κ2) is 10.2. The third-order valence-corrected chi connectivity index (χ3v) is 8.20. The monoisotopic (exact) mass is 518 g/mol. The van der Waals surface area contributed by atoms with Crippen LogP contribution in [0.5, 0.6) is 17.2 Å². The van der Waals surface area contributed by atoms with Crippen LogP contribution in [-0.4, -0.2) is 25.9 Å². The van der Waals surface area contributed by atoms with Crippen molar-refractivity contribution in [2.24, 2.45) is 5.16 Å². The highest BCUT2D eigenvalue weighted by Crippen LogP contribution is 2.43. The van der Waals surface area contributed by atoms with E-state index in [-0.39, 0.29) is 5.60 Å². The lowest BCUT2D eigenvalue weighted by molar-refractivity contribution is 0.0109. The number of ether oxygens (including phenoxy) is 3. The minimum atomic E-state index is -0.718. The highest BCUT2D eigenvalue weighted by atomic mass is 16.7. The Morgan fingerprint density at radius 3 is 2.47 bits per heavy atom. The maximum Gasteiger partial charge on any atom is 0.437 e. The van der Waals surface area contributed by atoms with Crippen molar-refractivity contribution in [2.75, 3.05) is 19.5 Å². The van der Waals surface area contributed by atoms with Gasteiger partial charge in [0.15, 0.2) is 11.5 Å². The fourth-order valence-electron chi connectivity index (χ4n) is 6.23. The molecule has 1 spiro atoms. The van der Waals surface area contributed by atoms with Crippen molar-refractivity contribution in [1.29, 1.82) is 0 Å². The molecule has 6 rings (SSSR count). The summed E-state index contributed by atoms with van der Waals surface area (Å²) in [4.78, 5) is 17.8. The molecule has 1 aliphatic heterocycles. The van der Waals surface area contributed by atoms with Gasteiger partial charge in [0.05, 0.1) is 14.2 Å². The number of hydrogen-bond acceptors (Lipinski definition) is 7. The highest BCUT2D eigenvalue weighted by Gasteiger charge is 2.37. The lowest BCUT2D eigenvalue weighted by atomic mass is 9.78. The topological polar surface area (TPSA) is 91.5 Å². The normalized spacial score (nSPS) is 18.3. The predicted molar refractivity (Wildman–Crippen MR) is 143 cm³/mol. The minimum Gasteiger partial charge on any atom is -0.493 e. The molecule has 1 N–H and O–H groups in total. The molecule has 1 saturated carbocycles. The van der Waals surface area contributed by atoms with E-state index in [9.17, 15) is 4.79 Å². The summed E-state index contributed by atoms with van der Waals surface area (Å²) in [5, 5.41) is 7.96. The Morgan fingerprint density at radius 2 is 1.68 bits per heavy atom. The standard InChI is InChI=1S/C30H34N2O6/c1-34-24-11-10-20(17-27(24)35-2)31-29(33)38-32-28-22-9-5-4-8-21(22)23-16-19-12-15-30(13-6-3-7-14-30)37-25(19)18-26(23)36-28/h10-11,16-18H,3-9,12-15H2,1-2H3,(H,31,33). The first-order chi connectivity index (χ1) is 18.6. The van der Waals surface area contributed by atoms with Crippen LogP contribution >= 0.6 is 0 Å². The molecule has 0 atom stereocenters. The number of nitrogens with one attached hydrogen (secondary N) is 1. The van der Waals surface area contributed by atoms with E-state index in [1.165, 1.54) is 37.5 Å². The molecule has 8 heteroatoms. The van der Waals surface area contributed by atoms with Gasteiger partial charge in [0.25, 0.3) is 5.55 Å². The van der Waals surface area contributed by atoms with Crippen LogP contribution in [0.3, 0.4) is 0 Å². The van der Waals surface area contributed by atoms with Crippen LogP contribution in [0.2, 0.25) is 0 Å². The first-order valence-corrected chi connectivity index (χ1v) is 13.6. The lowest BCUT2D eigenvalue weighted by Gasteiger charge is -2.41. The van der Waals surface area contributed by atoms with Crippen LogP contribution in [0.15, 0.2) is 39.9 Å². The zero-order valence-electron chi connectivity index (χ0n) is 22.1. The van der Waals surface area contributed by atoms with E-state index in [2.05, 4.69) is 16.5 Å². The number of carbonyl (C=O) groups excluding carboxylic acids is 1. The van der Waals surface area contributed by atoms with Crippen molar-refractivity contribution in [3.63, 3.8) is 0 Å². The average Bonchev–Trinajstić information content (AvgIpc) is 2.95. The van der Waals surface area contributed by atoms with Crippen molar-refractivity contribution in [2.45, 2.75) is 76.2 Å². The molecule has 200 valence electrons. The van der Waals surface area contributed by atoms with E-state index < -0.39 is 6.09 Å². The Morgan fingerprint density at radius 1 is 0.895 bits per heavy atom. The quantitative estimate of drug-likeness (QED) is 0.317. The Bertz CT molecular complexity index is 1440. The molecule has 1 aromatic heterocycles. The van der Waals surface area contributed by atoms with Crippen molar-refractivity contribution in [3.8, 4) is 17.2 Å². The van der Waals surface area contributed by atoms with Gasteiger partial charge in [0.1, 0.15) is 16.9 Å². The molecule has 1 amide bonds. The summed E-state index contributed by atoms with van der Waals surface area (Å²) in [7, 11) is 3.10. The summed E-state index contributed by atoms with van der Waals surface area (Å²) in [6.07, 6.45) is 11.3. The molecule has 8 nitrogen and oxygen atoms in total. The van der Waals surface area contributed by atoms with E-state index in [0.29, 0.717) is 22.7 Å². The Kier molecular flexibility index (Phi) is 6.64. The predicted octanol–water partition coefficient (Wildman–Crippen LogP) is 6.42. The number of aryl methyl sites for hydroxylation is 2. The van der Waals surface area contributed by atoms with Gasteiger partial charge in [-0.15, -0.1) is 0 Å². The van der Waals surface area contributed by atoms with Gasteiger partial charge in [0, 0.05) is 28.8 Å². The molecular weight excluding hydrogens is 484 g/mol. The van der Waals surface area contributed by atoms with Gasteiger partial charge < -0.3 is 18.6 Å². The number of nitrogens with zero attached hydrogens (tertiary/aromatic N) is 1. The third kappa shape index (κ3) is 4.68. The minimum absolute atomic E-state index is 0.0360. The molecule has 3 aromatic rings. The Hall–Kier alpha value is -3.68. The van der Waals surface area contributed by atoms with E-state index >= 15 is 0 Å². The number of amides is 1. The maximum absolute atomic E-state index is 12.6. The maximum atomic E-state index is 12.6. The molecule has 2 heterocycles. The first-order valence-electron chi connectivity index (χ1n) is 13.6. The second-order valence-corrected chi connectivity index (χ2v) is 10.5. The molecule has 1 fully saturated rings. The number of carbonyl (C=O) groups is 1. The number of benzene rings is 2. The van der Waals surface area contributed by atoms with Gasteiger partial charge in [0.2, 0.25) is 0 Å². The number of fused-ring (bicyclic) bond motifs is 4.